The van der Waals surface area contributed by atoms with Crippen molar-refractivity contribution in [2.45, 2.75) is 13.0 Å². The number of rotatable bonds is 7. The van der Waals surface area contributed by atoms with Crippen molar-refractivity contribution < 1.29 is 9.72 Å². The van der Waals surface area contributed by atoms with Gasteiger partial charge in [-0.1, -0.05) is 0 Å². The molecule has 9 heteroatoms. The number of aromatic nitrogens is 2. The molecule has 0 aliphatic carbocycles. The lowest BCUT2D eigenvalue weighted by atomic mass is 10.3. The molecule has 1 saturated heterocycles. The van der Waals surface area contributed by atoms with Crippen LogP contribution in [0.15, 0.2) is 12.4 Å². The molecule has 1 amide bonds. The molecule has 0 atom stereocenters. The van der Waals surface area contributed by atoms with Gasteiger partial charge < -0.3 is 15.5 Å². The first-order valence-electron chi connectivity index (χ1n) is 7.02. The van der Waals surface area contributed by atoms with E-state index in [1.165, 1.54) is 10.9 Å². The second-order valence-corrected chi connectivity index (χ2v) is 4.95. The van der Waals surface area contributed by atoms with Crippen molar-refractivity contribution in [1.29, 1.82) is 0 Å². The molecular weight excluding hydrogens is 276 g/mol. The van der Waals surface area contributed by atoms with Crippen LogP contribution in [0.1, 0.15) is 6.42 Å². The van der Waals surface area contributed by atoms with Gasteiger partial charge >= 0.3 is 5.69 Å². The van der Waals surface area contributed by atoms with Gasteiger partial charge in [0.2, 0.25) is 5.91 Å². The van der Waals surface area contributed by atoms with E-state index >= 15 is 0 Å². The standard InChI is InChI=1S/C12H20N6O3/c19-12(10-17-9-11(8-15-17)18(20)21)14-2-1-5-16-6-3-13-4-7-16/h8-9,13H,1-7,10H2,(H,14,19). The molecule has 1 fully saturated rings. The fourth-order valence-corrected chi connectivity index (χ4v) is 2.20. The maximum Gasteiger partial charge on any atom is 0.307 e. The third-order valence-corrected chi connectivity index (χ3v) is 3.32. The van der Waals surface area contributed by atoms with Crippen molar-refractivity contribution in [3.63, 3.8) is 0 Å². The maximum absolute atomic E-state index is 11.7. The smallest absolute Gasteiger partial charge is 0.307 e. The number of hydrogen-bond acceptors (Lipinski definition) is 6. The van der Waals surface area contributed by atoms with Crippen molar-refractivity contribution in [3.8, 4) is 0 Å². The minimum atomic E-state index is -0.533. The van der Waals surface area contributed by atoms with E-state index in [4.69, 9.17) is 0 Å². The molecule has 1 aliphatic rings. The lowest BCUT2D eigenvalue weighted by molar-refractivity contribution is -0.385. The van der Waals surface area contributed by atoms with Gasteiger partial charge in [-0.3, -0.25) is 19.6 Å². The summed E-state index contributed by atoms with van der Waals surface area (Å²) in [6, 6.07) is 0. The highest BCUT2D eigenvalue weighted by atomic mass is 16.6. The van der Waals surface area contributed by atoms with Crippen LogP contribution in [0.2, 0.25) is 0 Å². The van der Waals surface area contributed by atoms with Gasteiger partial charge in [-0.2, -0.15) is 5.10 Å². The fraction of sp³-hybridized carbons (Fsp3) is 0.667. The molecule has 0 bridgehead atoms. The third-order valence-electron chi connectivity index (χ3n) is 3.32. The molecule has 0 aromatic carbocycles. The Morgan fingerprint density at radius 2 is 2.24 bits per heavy atom. The summed E-state index contributed by atoms with van der Waals surface area (Å²) in [4.78, 5) is 24.0. The summed E-state index contributed by atoms with van der Waals surface area (Å²) in [6.45, 7) is 5.70. The van der Waals surface area contributed by atoms with E-state index < -0.39 is 4.92 Å². The Labute approximate surface area is 122 Å². The highest BCUT2D eigenvalue weighted by Crippen LogP contribution is 2.07. The third kappa shape index (κ3) is 5.12. The molecule has 1 aromatic rings. The Morgan fingerprint density at radius 1 is 1.48 bits per heavy atom. The maximum atomic E-state index is 11.7. The molecule has 2 heterocycles. The highest BCUT2D eigenvalue weighted by molar-refractivity contribution is 5.75. The SMILES string of the molecule is O=C(Cn1cc([N+](=O)[O-])cn1)NCCCN1CCNCC1. The Morgan fingerprint density at radius 3 is 2.90 bits per heavy atom. The van der Waals surface area contributed by atoms with Crippen molar-refractivity contribution in [3.05, 3.63) is 22.5 Å². The van der Waals surface area contributed by atoms with Crippen LogP contribution in [0.3, 0.4) is 0 Å². The molecule has 21 heavy (non-hydrogen) atoms. The van der Waals surface area contributed by atoms with Crippen LogP contribution in [0.4, 0.5) is 5.69 Å². The largest absolute Gasteiger partial charge is 0.354 e. The number of carbonyl (C=O) groups is 1. The monoisotopic (exact) mass is 296 g/mol. The van der Waals surface area contributed by atoms with Crippen molar-refractivity contribution in [2.75, 3.05) is 39.3 Å². The first-order chi connectivity index (χ1) is 10.1. The molecule has 2 N–H and O–H groups in total. The zero-order valence-electron chi connectivity index (χ0n) is 11.8. The summed E-state index contributed by atoms with van der Waals surface area (Å²) in [5, 5.41) is 20.4. The lowest BCUT2D eigenvalue weighted by Crippen LogP contribution is -2.44. The summed E-state index contributed by atoms with van der Waals surface area (Å²) in [5.74, 6) is -0.187. The second kappa shape index (κ2) is 7.70. The predicted molar refractivity (Wildman–Crippen MR) is 75.8 cm³/mol. The van der Waals surface area contributed by atoms with Crippen molar-refractivity contribution in [2.24, 2.45) is 0 Å². The van der Waals surface area contributed by atoms with Crippen molar-refractivity contribution >= 4 is 11.6 Å². The number of nitrogens with zero attached hydrogens (tertiary/aromatic N) is 4. The number of piperazine rings is 1. The van der Waals surface area contributed by atoms with E-state index in [1.54, 1.807) is 0 Å². The summed E-state index contributed by atoms with van der Waals surface area (Å²) < 4.78 is 1.27. The van der Waals surface area contributed by atoms with Gasteiger partial charge in [0.1, 0.15) is 18.9 Å². The van der Waals surface area contributed by atoms with Gasteiger partial charge in [-0.25, -0.2) is 0 Å². The van der Waals surface area contributed by atoms with Gasteiger partial charge in [-0.15, -0.1) is 0 Å². The molecule has 0 unspecified atom stereocenters. The molecule has 1 aromatic heterocycles. The Bertz CT molecular complexity index is 483. The van der Waals surface area contributed by atoms with E-state index in [0.29, 0.717) is 6.54 Å². The second-order valence-electron chi connectivity index (χ2n) is 4.95. The van der Waals surface area contributed by atoms with Crippen LogP contribution in [0, 0.1) is 10.1 Å². The molecule has 2 rings (SSSR count). The Hall–Kier alpha value is -2.00. The molecule has 1 aliphatic heterocycles. The quantitative estimate of drug-likeness (QED) is 0.388. The topological polar surface area (TPSA) is 105 Å². The highest BCUT2D eigenvalue weighted by Gasteiger charge is 2.11. The Balaban J connectivity index is 1.61. The van der Waals surface area contributed by atoms with Crippen LogP contribution in [0.25, 0.3) is 0 Å². The summed E-state index contributed by atoms with van der Waals surface area (Å²) >= 11 is 0. The summed E-state index contributed by atoms with van der Waals surface area (Å²) in [6.07, 6.45) is 3.28. The van der Waals surface area contributed by atoms with Gasteiger partial charge in [0, 0.05) is 32.7 Å². The summed E-state index contributed by atoms with van der Waals surface area (Å²) in [7, 11) is 0. The van der Waals surface area contributed by atoms with Crippen LogP contribution in [-0.2, 0) is 11.3 Å². The zero-order valence-corrected chi connectivity index (χ0v) is 11.8. The molecule has 0 spiro atoms. The van der Waals surface area contributed by atoms with Gasteiger partial charge in [0.05, 0.1) is 4.92 Å². The van der Waals surface area contributed by atoms with E-state index in [2.05, 4.69) is 20.6 Å². The van der Waals surface area contributed by atoms with Crippen LogP contribution in [0.5, 0.6) is 0 Å². The van der Waals surface area contributed by atoms with Gasteiger partial charge in [0.25, 0.3) is 0 Å². The number of carbonyl (C=O) groups excluding carboxylic acids is 1. The number of nitro groups is 1. The average molecular weight is 296 g/mol. The van der Waals surface area contributed by atoms with Crippen LogP contribution >= 0.6 is 0 Å². The van der Waals surface area contributed by atoms with E-state index in [9.17, 15) is 14.9 Å². The van der Waals surface area contributed by atoms with E-state index in [0.717, 1.165) is 45.3 Å². The molecule has 9 nitrogen and oxygen atoms in total. The van der Waals surface area contributed by atoms with Crippen LogP contribution in [-0.4, -0.2) is 64.8 Å². The fourth-order valence-electron chi connectivity index (χ4n) is 2.20. The first kappa shape index (κ1) is 15.4. The Kier molecular flexibility index (Phi) is 5.64. The average Bonchev–Trinajstić information content (AvgIpc) is 2.93. The molecule has 0 radical (unpaired) electrons. The van der Waals surface area contributed by atoms with Gasteiger partial charge in [0.15, 0.2) is 0 Å². The molecule has 0 saturated carbocycles. The van der Waals surface area contributed by atoms with Crippen LogP contribution < -0.4 is 10.6 Å². The minimum Gasteiger partial charge on any atom is -0.354 e. The number of nitrogens with one attached hydrogen (secondary N) is 2. The van der Waals surface area contributed by atoms with E-state index in [-0.39, 0.29) is 18.1 Å². The minimum absolute atomic E-state index is 0.00146. The predicted octanol–water partition coefficient (Wildman–Crippen LogP) is -0.797. The summed E-state index contributed by atoms with van der Waals surface area (Å²) in [5.41, 5.74) is -0.110. The molecule has 116 valence electrons. The first-order valence-corrected chi connectivity index (χ1v) is 7.02. The molecular formula is C12H20N6O3. The van der Waals surface area contributed by atoms with E-state index in [1.807, 2.05) is 0 Å². The lowest BCUT2D eigenvalue weighted by Gasteiger charge is -2.27. The number of hydrogen-bond donors (Lipinski definition) is 2. The van der Waals surface area contributed by atoms with Crippen molar-refractivity contribution in [1.82, 2.24) is 25.3 Å². The number of amides is 1. The van der Waals surface area contributed by atoms with Gasteiger partial charge in [-0.05, 0) is 13.0 Å². The zero-order chi connectivity index (χ0) is 15.1. The normalized spacial score (nSPS) is 15.8.